The molecule has 0 radical (unpaired) electrons. The van der Waals surface area contributed by atoms with Crippen molar-refractivity contribution in [2.75, 3.05) is 0 Å². The van der Waals surface area contributed by atoms with Crippen molar-refractivity contribution in [2.45, 2.75) is 0 Å². The zero-order valence-electron chi connectivity index (χ0n) is 11.4. The Labute approximate surface area is 137 Å². The third-order valence-electron chi connectivity index (χ3n) is 3.04. The number of pyridine rings is 1. The number of hydrogen-bond acceptors (Lipinski definition) is 3. The maximum Gasteiger partial charge on any atom is 0.184 e. The van der Waals surface area contributed by atoms with Crippen LogP contribution in [0, 0.1) is 0 Å². The SMILES string of the molecule is NC(=S)N/N=C/c1nc(-c2ccc(Cl)cc2)n2ccccc12. The van der Waals surface area contributed by atoms with E-state index in [1.54, 1.807) is 6.21 Å². The molecule has 3 N–H and O–H groups in total. The highest BCUT2D eigenvalue weighted by Crippen LogP contribution is 2.23. The van der Waals surface area contributed by atoms with Crippen LogP contribution < -0.4 is 11.2 Å². The Bertz CT molecular complexity index is 854. The Kier molecular flexibility index (Phi) is 4.04. The number of fused-ring (bicyclic) bond motifs is 1. The van der Waals surface area contributed by atoms with Crippen LogP contribution in [-0.2, 0) is 0 Å². The minimum Gasteiger partial charge on any atom is -0.375 e. The molecule has 0 bridgehead atoms. The van der Waals surface area contributed by atoms with Gasteiger partial charge in [-0.15, -0.1) is 0 Å². The molecule has 2 heterocycles. The van der Waals surface area contributed by atoms with Crippen molar-refractivity contribution in [3.8, 4) is 11.4 Å². The lowest BCUT2D eigenvalue weighted by Gasteiger charge is -2.00. The first kappa shape index (κ1) is 14.5. The number of hydrazone groups is 1. The highest BCUT2D eigenvalue weighted by Gasteiger charge is 2.10. The van der Waals surface area contributed by atoms with Gasteiger partial charge in [0.05, 0.1) is 11.7 Å². The molecular formula is C15H12ClN5S. The van der Waals surface area contributed by atoms with Crippen molar-refractivity contribution in [1.29, 1.82) is 0 Å². The molecule has 0 saturated heterocycles. The van der Waals surface area contributed by atoms with Crippen LogP contribution in [0.3, 0.4) is 0 Å². The fourth-order valence-electron chi connectivity index (χ4n) is 2.12. The summed E-state index contributed by atoms with van der Waals surface area (Å²) >= 11 is 10.7. The molecule has 2 aromatic heterocycles. The molecule has 0 unspecified atom stereocenters. The second-order valence-electron chi connectivity index (χ2n) is 4.52. The molecular weight excluding hydrogens is 318 g/mol. The Hall–Kier alpha value is -2.44. The Morgan fingerprint density at radius 1 is 1.27 bits per heavy atom. The van der Waals surface area contributed by atoms with Gasteiger partial charge in [-0.05, 0) is 48.6 Å². The number of rotatable bonds is 3. The summed E-state index contributed by atoms with van der Waals surface area (Å²) in [4.78, 5) is 4.63. The summed E-state index contributed by atoms with van der Waals surface area (Å²) in [5.41, 5.74) is 10.5. The number of nitrogens with zero attached hydrogens (tertiary/aromatic N) is 3. The fourth-order valence-corrected chi connectivity index (χ4v) is 2.30. The molecule has 0 atom stereocenters. The van der Waals surface area contributed by atoms with Gasteiger partial charge in [-0.3, -0.25) is 9.83 Å². The van der Waals surface area contributed by atoms with E-state index >= 15 is 0 Å². The molecule has 0 amide bonds. The molecule has 1 aromatic carbocycles. The number of aromatic nitrogens is 2. The number of benzene rings is 1. The summed E-state index contributed by atoms with van der Waals surface area (Å²) < 4.78 is 1.99. The molecule has 0 spiro atoms. The van der Waals surface area contributed by atoms with E-state index < -0.39 is 0 Å². The van der Waals surface area contributed by atoms with Gasteiger partial charge in [0.1, 0.15) is 11.5 Å². The quantitative estimate of drug-likeness (QED) is 0.440. The molecule has 110 valence electrons. The molecule has 0 aliphatic rings. The van der Waals surface area contributed by atoms with E-state index in [1.807, 2.05) is 53.1 Å². The number of nitrogens with one attached hydrogen (secondary N) is 1. The number of hydrogen-bond donors (Lipinski definition) is 2. The monoisotopic (exact) mass is 329 g/mol. The van der Waals surface area contributed by atoms with Crippen molar-refractivity contribution in [1.82, 2.24) is 14.8 Å². The third kappa shape index (κ3) is 2.93. The van der Waals surface area contributed by atoms with Crippen LogP contribution in [0.2, 0.25) is 5.02 Å². The van der Waals surface area contributed by atoms with Crippen molar-refractivity contribution in [3.05, 3.63) is 59.4 Å². The predicted octanol–water partition coefficient (Wildman–Crippen LogP) is 2.82. The maximum atomic E-state index is 5.94. The molecule has 0 saturated carbocycles. The van der Waals surface area contributed by atoms with Crippen molar-refractivity contribution in [2.24, 2.45) is 10.8 Å². The van der Waals surface area contributed by atoms with E-state index in [2.05, 4.69) is 15.5 Å². The van der Waals surface area contributed by atoms with Crippen molar-refractivity contribution >= 4 is 40.7 Å². The molecule has 7 heteroatoms. The topological polar surface area (TPSA) is 67.7 Å². The van der Waals surface area contributed by atoms with Crippen LogP contribution in [0.15, 0.2) is 53.8 Å². The molecule has 3 aromatic rings. The lowest BCUT2D eigenvalue weighted by Crippen LogP contribution is -2.24. The zero-order chi connectivity index (χ0) is 15.5. The summed E-state index contributed by atoms with van der Waals surface area (Å²) in [6.45, 7) is 0. The molecule has 22 heavy (non-hydrogen) atoms. The van der Waals surface area contributed by atoms with Crippen molar-refractivity contribution in [3.63, 3.8) is 0 Å². The van der Waals surface area contributed by atoms with Crippen LogP contribution >= 0.6 is 23.8 Å². The summed E-state index contributed by atoms with van der Waals surface area (Å²) in [7, 11) is 0. The number of halogens is 1. The maximum absolute atomic E-state index is 5.94. The molecule has 0 fully saturated rings. The predicted molar refractivity (Wildman–Crippen MR) is 93.2 cm³/mol. The largest absolute Gasteiger partial charge is 0.375 e. The van der Waals surface area contributed by atoms with Gasteiger partial charge < -0.3 is 5.73 Å². The van der Waals surface area contributed by atoms with Crippen molar-refractivity contribution < 1.29 is 0 Å². The average Bonchev–Trinajstić information content (AvgIpc) is 2.87. The Balaban J connectivity index is 2.09. The summed E-state index contributed by atoms with van der Waals surface area (Å²) in [6.07, 6.45) is 3.54. The van der Waals surface area contributed by atoms with Gasteiger partial charge in [-0.2, -0.15) is 5.10 Å². The first-order valence-corrected chi connectivity index (χ1v) is 7.25. The molecule has 0 aliphatic carbocycles. The van der Waals surface area contributed by atoms with E-state index in [0.29, 0.717) is 10.7 Å². The Morgan fingerprint density at radius 3 is 2.77 bits per heavy atom. The van der Waals surface area contributed by atoms with Gasteiger partial charge in [0.2, 0.25) is 0 Å². The standard InChI is InChI=1S/C15H12ClN5S/c16-11-6-4-10(5-7-11)14-19-12(9-18-20-15(17)22)13-3-1-2-8-21(13)14/h1-9H,(H3,17,20,22)/b18-9+. The van der Waals surface area contributed by atoms with Gasteiger partial charge in [-0.1, -0.05) is 17.7 Å². The number of nitrogens with two attached hydrogens (primary N) is 1. The Morgan fingerprint density at radius 2 is 2.05 bits per heavy atom. The summed E-state index contributed by atoms with van der Waals surface area (Å²) in [6, 6.07) is 13.4. The van der Waals surface area contributed by atoms with Gasteiger partial charge in [0, 0.05) is 16.8 Å². The fraction of sp³-hybridized carbons (Fsp3) is 0. The minimum absolute atomic E-state index is 0.109. The van der Waals surface area contributed by atoms with E-state index in [4.69, 9.17) is 29.6 Å². The van der Waals surface area contributed by atoms with Crippen LogP contribution in [0.1, 0.15) is 5.69 Å². The first-order valence-electron chi connectivity index (χ1n) is 6.46. The first-order chi connectivity index (χ1) is 10.6. The number of imidazole rings is 1. The second kappa shape index (κ2) is 6.13. The molecule has 3 rings (SSSR count). The van der Waals surface area contributed by atoms with E-state index in [0.717, 1.165) is 16.9 Å². The van der Waals surface area contributed by atoms with E-state index in [9.17, 15) is 0 Å². The minimum atomic E-state index is 0.109. The zero-order valence-corrected chi connectivity index (χ0v) is 13.0. The number of thiocarbonyl (C=S) groups is 1. The van der Waals surface area contributed by atoms with Crippen LogP contribution in [0.25, 0.3) is 16.9 Å². The molecule has 0 aliphatic heterocycles. The highest BCUT2D eigenvalue weighted by molar-refractivity contribution is 7.80. The van der Waals surface area contributed by atoms with Gasteiger partial charge in [0.25, 0.3) is 0 Å². The normalized spacial score (nSPS) is 11.1. The lowest BCUT2D eigenvalue weighted by atomic mass is 10.2. The smallest absolute Gasteiger partial charge is 0.184 e. The van der Waals surface area contributed by atoms with Crippen LogP contribution in [0.5, 0.6) is 0 Å². The highest BCUT2D eigenvalue weighted by atomic mass is 35.5. The van der Waals surface area contributed by atoms with E-state index in [1.165, 1.54) is 0 Å². The summed E-state index contributed by atoms with van der Waals surface area (Å²) in [5.74, 6) is 0.809. The molecule has 5 nitrogen and oxygen atoms in total. The summed E-state index contributed by atoms with van der Waals surface area (Å²) in [5, 5.41) is 4.77. The third-order valence-corrected chi connectivity index (χ3v) is 3.38. The van der Waals surface area contributed by atoms with Gasteiger partial charge in [0.15, 0.2) is 5.11 Å². The van der Waals surface area contributed by atoms with Gasteiger partial charge in [-0.25, -0.2) is 4.98 Å². The lowest BCUT2D eigenvalue weighted by molar-refractivity contribution is 1.04. The van der Waals surface area contributed by atoms with Crippen LogP contribution in [-0.4, -0.2) is 20.7 Å². The van der Waals surface area contributed by atoms with E-state index in [-0.39, 0.29) is 5.11 Å². The second-order valence-corrected chi connectivity index (χ2v) is 5.39. The van der Waals surface area contributed by atoms with Gasteiger partial charge >= 0.3 is 0 Å². The average molecular weight is 330 g/mol. The van der Waals surface area contributed by atoms with Crippen LogP contribution in [0.4, 0.5) is 0 Å².